The monoisotopic (exact) mass is 269 g/mol. The van der Waals surface area contributed by atoms with Gasteiger partial charge in [-0.05, 0) is 6.92 Å². The summed E-state index contributed by atoms with van der Waals surface area (Å²) in [6.45, 7) is 1.70. The highest BCUT2D eigenvalue weighted by Gasteiger charge is 2.19. The number of benzene rings is 1. The van der Waals surface area contributed by atoms with E-state index in [9.17, 15) is 19.3 Å². The van der Waals surface area contributed by atoms with E-state index >= 15 is 0 Å². The first kappa shape index (κ1) is 15.0. The number of halogens is 1. The van der Waals surface area contributed by atoms with Gasteiger partial charge in [0.2, 0.25) is 11.7 Å². The maximum absolute atomic E-state index is 13.8. The highest BCUT2D eigenvalue weighted by atomic mass is 19.1. The van der Waals surface area contributed by atoms with E-state index in [2.05, 4.69) is 5.32 Å². The summed E-state index contributed by atoms with van der Waals surface area (Å²) in [6.07, 6.45) is 0. The molecule has 104 valence electrons. The smallest absolute Gasteiger partial charge is 0.305 e. The fourth-order valence-electron chi connectivity index (χ4n) is 1.58. The molecule has 0 spiro atoms. The van der Waals surface area contributed by atoms with Crippen LogP contribution in [0.2, 0.25) is 0 Å². The van der Waals surface area contributed by atoms with Gasteiger partial charge in [-0.3, -0.25) is 14.9 Å². The Kier molecular flexibility index (Phi) is 4.94. The zero-order chi connectivity index (χ0) is 14.6. The Morgan fingerprint density at radius 3 is 2.68 bits per heavy atom. The Morgan fingerprint density at radius 1 is 1.53 bits per heavy atom. The van der Waals surface area contributed by atoms with Gasteiger partial charge in [-0.1, -0.05) is 12.1 Å². The van der Waals surface area contributed by atoms with E-state index in [-0.39, 0.29) is 18.0 Å². The summed E-state index contributed by atoms with van der Waals surface area (Å²) in [5, 5.41) is 13.4. The molecule has 1 aromatic carbocycles. The summed E-state index contributed by atoms with van der Waals surface area (Å²) in [5.41, 5.74) is -0.404. The quantitative estimate of drug-likeness (QED) is 0.645. The molecule has 0 heterocycles. The fourth-order valence-corrected chi connectivity index (χ4v) is 1.58. The molecule has 0 saturated carbocycles. The van der Waals surface area contributed by atoms with Crippen molar-refractivity contribution < 1.29 is 14.1 Å². The van der Waals surface area contributed by atoms with Crippen LogP contribution in [0.25, 0.3) is 0 Å². The van der Waals surface area contributed by atoms with Crippen molar-refractivity contribution in [3.05, 3.63) is 39.7 Å². The molecule has 1 rings (SSSR count). The number of amides is 1. The van der Waals surface area contributed by atoms with E-state index in [1.807, 2.05) is 0 Å². The molecule has 0 aliphatic rings. The van der Waals surface area contributed by atoms with Crippen molar-refractivity contribution in [2.24, 2.45) is 0 Å². The number of nitrogens with one attached hydrogen (secondary N) is 1. The molecule has 0 aliphatic carbocycles. The normalized spacial score (nSPS) is 12.0. The second-order valence-corrected chi connectivity index (χ2v) is 4.34. The molecule has 1 atom stereocenters. The minimum atomic E-state index is -0.871. The second kappa shape index (κ2) is 6.24. The van der Waals surface area contributed by atoms with Crippen LogP contribution in [-0.2, 0) is 11.3 Å². The Balaban J connectivity index is 2.76. The molecule has 19 heavy (non-hydrogen) atoms. The largest absolute Gasteiger partial charge is 0.347 e. The summed E-state index contributed by atoms with van der Waals surface area (Å²) >= 11 is 0. The van der Waals surface area contributed by atoms with Crippen LogP contribution in [0.5, 0.6) is 0 Å². The third-order valence-electron chi connectivity index (χ3n) is 2.66. The predicted octanol–water partition coefficient (Wildman–Crippen LogP) is 1.30. The van der Waals surface area contributed by atoms with Gasteiger partial charge in [0.25, 0.3) is 0 Å². The summed E-state index contributed by atoms with van der Waals surface area (Å²) < 4.78 is 13.8. The number of hydrogen-bond acceptors (Lipinski definition) is 4. The van der Waals surface area contributed by atoms with Gasteiger partial charge in [-0.25, -0.2) is 0 Å². The summed E-state index contributed by atoms with van der Waals surface area (Å²) in [6, 6.07) is 3.47. The van der Waals surface area contributed by atoms with E-state index in [4.69, 9.17) is 0 Å². The highest BCUT2D eigenvalue weighted by Crippen LogP contribution is 2.19. The maximum atomic E-state index is 13.8. The number of likely N-dealkylation sites (N-methyl/N-ethyl adjacent to an activating group) is 1. The summed E-state index contributed by atoms with van der Waals surface area (Å²) in [7, 11) is 3.24. The molecule has 0 fully saturated rings. The molecule has 7 heteroatoms. The molecular formula is C12H16FN3O3. The zero-order valence-electron chi connectivity index (χ0n) is 11.0. The highest BCUT2D eigenvalue weighted by molar-refractivity contribution is 5.80. The molecule has 1 unspecified atom stereocenters. The third kappa shape index (κ3) is 3.72. The van der Waals surface area contributed by atoms with Crippen molar-refractivity contribution >= 4 is 11.6 Å². The first-order valence-electron chi connectivity index (χ1n) is 5.71. The van der Waals surface area contributed by atoms with Gasteiger partial charge in [0.1, 0.15) is 0 Å². The molecule has 0 aromatic heterocycles. The van der Waals surface area contributed by atoms with Crippen LogP contribution < -0.4 is 5.32 Å². The lowest BCUT2D eigenvalue weighted by Gasteiger charge is -2.18. The standard InChI is InChI=1S/C12H16FN3O3/c1-8(12(17)15(2)3)14-7-9-5-4-6-10(11(9)13)16(18)19/h4-6,8,14H,7H2,1-3H3. The van der Waals surface area contributed by atoms with Crippen LogP contribution in [0.3, 0.4) is 0 Å². The average Bonchev–Trinajstić information content (AvgIpc) is 2.35. The first-order valence-corrected chi connectivity index (χ1v) is 5.71. The molecule has 1 N–H and O–H groups in total. The summed E-state index contributed by atoms with van der Waals surface area (Å²) in [5.74, 6) is -1.02. The number of nitrogens with zero attached hydrogens (tertiary/aromatic N) is 2. The maximum Gasteiger partial charge on any atom is 0.305 e. The number of rotatable bonds is 5. The minimum absolute atomic E-state index is 0.0499. The molecule has 0 aliphatic heterocycles. The van der Waals surface area contributed by atoms with Crippen molar-refractivity contribution in [2.75, 3.05) is 14.1 Å². The average molecular weight is 269 g/mol. The molecular weight excluding hydrogens is 253 g/mol. The van der Waals surface area contributed by atoms with Crippen molar-refractivity contribution in [2.45, 2.75) is 19.5 Å². The van der Waals surface area contributed by atoms with Crippen molar-refractivity contribution in [3.8, 4) is 0 Å². The third-order valence-corrected chi connectivity index (χ3v) is 2.66. The molecule has 0 radical (unpaired) electrons. The van der Waals surface area contributed by atoms with Gasteiger partial charge in [-0.2, -0.15) is 4.39 Å². The van der Waals surface area contributed by atoms with Gasteiger partial charge < -0.3 is 10.2 Å². The molecule has 6 nitrogen and oxygen atoms in total. The van der Waals surface area contributed by atoms with Gasteiger partial charge in [0.05, 0.1) is 11.0 Å². The van der Waals surface area contributed by atoms with Crippen LogP contribution in [0.4, 0.5) is 10.1 Å². The van der Waals surface area contributed by atoms with Crippen molar-refractivity contribution in [1.29, 1.82) is 0 Å². The lowest BCUT2D eigenvalue weighted by atomic mass is 10.1. The van der Waals surface area contributed by atoms with Gasteiger partial charge in [-0.15, -0.1) is 0 Å². The molecule has 0 bridgehead atoms. The van der Waals surface area contributed by atoms with Crippen LogP contribution >= 0.6 is 0 Å². The minimum Gasteiger partial charge on any atom is -0.347 e. The fraction of sp³-hybridized carbons (Fsp3) is 0.417. The van der Waals surface area contributed by atoms with E-state index in [0.29, 0.717) is 0 Å². The van der Waals surface area contributed by atoms with E-state index in [1.165, 1.54) is 17.0 Å². The van der Waals surface area contributed by atoms with Crippen LogP contribution in [0, 0.1) is 15.9 Å². The zero-order valence-corrected chi connectivity index (χ0v) is 11.0. The number of nitro groups is 1. The van der Waals surface area contributed by atoms with E-state index in [0.717, 1.165) is 6.07 Å². The second-order valence-electron chi connectivity index (χ2n) is 4.34. The SMILES string of the molecule is CC(NCc1cccc([N+](=O)[O-])c1F)C(=O)N(C)C. The number of carbonyl (C=O) groups is 1. The first-order chi connectivity index (χ1) is 8.84. The molecule has 0 saturated heterocycles. The number of carbonyl (C=O) groups excluding carboxylic acids is 1. The Bertz CT molecular complexity index is 491. The van der Waals surface area contributed by atoms with Crippen LogP contribution in [-0.4, -0.2) is 35.9 Å². The van der Waals surface area contributed by atoms with Gasteiger partial charge in [0.15, 0.2) is 0 Å². The van der Waals surface area contributed by atoms with Crippen molar-refractivity contribution in [3.63, 3.8) is 0 Å². The Labute approximate surface area is 110 Å². The lowest BCUT2D eigenvalue weighted by Crippen LogP contribution is -2.41. The molecule has 1 amide bonds. The molecule has 1 aromatic rings. The van der Waals surface area contributed by atoms with Gasteiger partial charge in [0, 0.05) is 32.3 Å². The topological polar surface area (TPSA) is 75.5 Å². The predicted molar refractivity (Wildman–Crippen MR) is 68.1 cm³/mol. The lowest BCUT2D eigenvalue weighted by molar-refractivity contribution is -0.387. The Morgan fingerprint density at radius 2 is 2.16 bits per heavy atom. The van der Waals surface area contributed by atoms with Gasteiger partial charge >= 0.3 is 5.69 Å². The van der Waals surface area contributed by atoms with Crippen LogP contribution in [0.1, 0.15) is 12.5 Å². The van der Waals surface area contributed by atoms with E-state index in [1.54, 1.807) is 21.0 Å². The number of nitro benzene ring substituents is 1. The Hall–Kier alpha value is -2.02. The summed E-state index contributed by atoms with van der Waals surface area (Å²) in [4.78, 5) is 22.8. The van der Waals surface area contributed by atoms with Crippen molar-refractivity contribution in [1.82, 2.24) is 10.2 Å². The van der Waals surface area contributed by atoms with E-state index < -0.39 is 22.5 Å². The number of hydrogen-bond donors (Lipinski definition) is 1. The van der Waals surface area contributed by atoms with Crippen LogP contribution in [0.15, 0.2) is 18.2 Å².